The molecule has 24 heavy (non-hydrogen) atoms. The van der Waals surface area contributed by atoms with Gasteiger partial charge in [-0.15, -0.1) is 0 Å². The Hall–Kier alpha value is -1.92. The number of aromatic nitrogens is 3. The van der Waals surface area contributed by atoms with Crippen LogP contribution in [0.25, 0.3) is 5.82 Å². The van der Waals surface area contributed by atoms with E-state index in [2.05, 4.69) is 20.3 Å². The zero-order chi connectivity index (χ0) is 16.5. The van der Waals surface area contributed by atoms with Crippen molar-refractivity contribution in [2.75, 3.05) is 18.4 Å². The molecule has 0 bridgehead atoms. The third kappa shape index (κ3) is 3.16. The number of hydrogen-bond donors (Lipinski definition) is 1. The molecule has 126 valence electrons. The van der Waals surface area contributed by atoms with Gasteiger partial charge >= 0.3 is 0 Å². The number of nitrogens with zero attached hydrogens (tertiary/aromatic N) is 4. The van der Waals surface area contributed by atoms with E-state index in [-0.39, 0.29) is 11.9 Å². The molecule has 2 fully saturated rings. The van der Waals surface area contributed by atoms with Crippen LogP contribution in [-0.4, -0.2) is 44.7 Å². The van der Waals surface area contributed by atoms with Crippen molar-refractivity contribution >= 4 is 23.2 Å². The van der Waals surface area contributed by atoms with E-state index in [1.807, 2.05) is 0 Å². The maximum absolute atomic E-state index is 12.8. The van der Waals surface area contributed by atoms with Crippen molar-refractivity contribution in [3.63, 3.8) is 0 Å². The number of pyridine rings is 1. The van der Waals surface area contributed by atoms with Gasteiger partial charge in [0.1, 0.15) is 0 Å². The summed E-state index contributed by atoms with van der Waals surface area (Å²) in [5.41, 5.74) is 0.673. The molecule has 4 rings (SSSR count). The fourth-order valence-corrected chi connectivity index (χ4v) is 3.58. The van der Waals surface area contributed by atoms with E-state index in [0.29, 0.717) is 22.4 Å². The van der Waals surface area contributed by atoms with E-state index in [1.54, 1.807) is 35.4 Å². The second kappa shape index (κ2) is 6.53. The zero-order valence-electron chi connectivity index (χ0n) is 13.4. The number of carbonyl (C=O) groups is 1. The van der Waals surface area contributed by atoms with E-state index in [4.69, 9.17) is 11.6 Å². The van der Waals surface area contributed by atoms with Crippen LogP contribution in [0.3, 0.4) is 0 Å². The maximum atomic E-state index is 12.8. The summed E-state index contributed by atoms with van der Waals surface area (Å²) in [6.45, 7) is 2.05. The summed E-state index contributed by atoms with van der Waals surface area (Å²) in [4.78, 5) is 19.3. The molecular formula is C17H20ClN5O. The molecule has 0 aromatic carbocycles. The first kappa shape index (κ1) is 15.6. The Kier molecular flexibility index (Phi) is 4.24. The molecule has 1 amide bonds. The number of halogens is 1. The zero-order valence-corrected chi connectivity index (χ0v) is 14.1. The van der Waals surface area contributed by atoms with Gasteiger partial charge in [0.25, 0.3) is 0 Å². The minimum Gasteiger partial charge on any atom is -0.322 e. The Bertz CT molecular complexity index is 736. The third-order valence-electron chi connectivity index (χ3n) is 4.68. The number of hydrogen-bond acceptors (Lipinski definition) is 4. The van der Waals surface area contributed by atoms with Gasteiger partial charge < -0.3 is 5.32 Å². The molecule has 1 saturated heterocycles. The van der Waals surface area contributed by atoms with E-state index in [9.17, 15) is 4.79 Å². The Labute approximate surface area is 145 Å². The van der Waals surface area contributed by atoms with Crippen LogP contribution in [0.15, 0.2) is 30.7 Å². The monoisotopic (exact) mass is 345 g/mol. The molecule has 3 heterocycles. The second-order valence-corrected chi connectivity index (χ2v) is 6.90. The SMILES string of the molecule is O=C(Nc1cnn(-c2ncccc2Cl)c1)[C@H](C1CC1)N1CCCC1. The molecule has 1 aliphatic heterocycles. The van der Waals surface area contributed by atoms with Crippen molar-refractivity contribution in [2.45, 2.75) is 31.7 Å². The Balaban J connectivity index is 1.49. The first-order chi connectivity index (χ1) is 11.7. The van der Waals surface area contributed by atoms with Gasteiger partial charge in [-0.2, -0.15) is 5.10 Å². The Morgan fingerprint density at radius 1 is 1.33 bits per heavy atom. The average molecular weight is 346 g/mol. The lowest BCUT2D eigenvalue weighted by Crippen LogP contribution is -2.44. The summed E-state index contributed by atoms with van der Waals surface area (Å²) in [5.74, 6) is 1.13. The molecule has 7 heteroatoms. The van der Waals surface area contributed by atoms with E-state index < -0.39 is 0 Å². The molecule has 1 aliphatic carbocycles. The van der Waals surface area contributed by atoms with Crippen molar-refractivity contribution in [3.05, 3.63) is 35.7 Å². The molecule has 0 spiro atoms. The number of likely N-dealkylation sites (tertiary alicyclic amines) is 1. The first-order valence-corrected chi connectivity index (χ1v) is 8.80. The number of amides is 1. The quantitative estimate of drug-likeness (QED) is 0.905. The van der Waals surface area contributed by atoms with Gasteiger partial charge in [0, 0.05) is 6.20 Å². The largest absolute Gasteiger partial charge is 0.322 e. The maximum Gasteiger partial charge on any atom is 0.242 e. The van der Waals surface area contributed by atoms with Crippen molar-refractivity contribution in [1.29, 1.82) is 0 Å². The van der Waals surface area contributed by atoms with Gasteiger partial charge in [0.15, 0.2) is 5.82 Å². The number of rotatable bonds is 5. The van der Waals surface area contributed by atoms with E-state index >= 15 is 0 Å². The highest BCUT2D eigenvalue weighted by atomic mass is 35.5. The highest BCUT2D eigenvalue weighted by molar-refractivity contribution is 6.32. The van der Waals surface area contributed by atoms with Crippen LogP contribution in [-0.2, 0) is 4.79 Å². The lowest BCUT2D eigenvalue weighted by atomic mass is 10.1. The van der Waals surface area contributed by atoms with Gasteiger partial charge in [-0.3, -0.25) is 9.69 Å². The standard InChI is InChI=1S/C17H20ClN5O/c18-14-4-3-7-19-16(14)23-11-13(10-20-23)21-17(24)15(12-5-6-12)22-8-1-2-9-22/h3-4,7,10-12,15H,1-2,5-6,8-9H2,(H,21,24)/t15-/m0/s1. The highest BCUT2D eigenvalue weighted by Crippen LogP contribution is 2.37. The van der Waals surface area contributed by atoms with Crippen LogP contribution < -0.4 is 5.32 Å². The summed E-state index contributed by atoms with van der Waals surface area (Å²) in [7, 11) is 0. The Morgan fingerprint density at radius 3 is 2.83 bits per heavy atom. The number of anilines is 1. The smallest absolute Gasteiger partial charge is 0.242 e. The molecule has 1 saturated carbocycles. The first-order valence-electron chi connectivity index (χ1n) is 8.43. The van der Waals surface area contributed by atoms with Crippen molar-refractivity contribution in [1.82, 2.24) is 19.7 Å². The molecule has 2 aromatic heterocycles. The van der Waals surface area contributed by atoms with Gasteiger partial charge in [0.2, 0.25) is 5.91 Å². The second-order valence-electron chi connectivity index (χ2n) is 6.50. The van der Waals surface area contributed by atoms with Crippen LogP contribution in [0, 0.1) is 5.92 Å². The van der Waals surface area contributed by atoms with Crippen molar-refractivity contribution < 1.29 is 4.79 Å². The summed E-state index contributed by atoms with van der Waals surface area (Å²) < 4.78 is 1.58. The average Bonchev–Trinajstić information content (AvgIpc) is 3.06. The van der Waals surface area contributed by atoms with Crippen LogP contribution in [0.4, 0.5) is 5.69 Å². The third-order valence-corrected chi connectivity index (χ3v) is 4.97. The van der Waals surface area contributed by atoms with Crippen LogP contribution in [0.5, 0.6) is 0 Å². The molecular weight excluding hydrogens is 326 g/mol. The van der Waals surface area contributed by atoms with Gasteiger partial charge in [-0.1, -0.05) is 11.6 Å². The molecule has 0 unspecified atom stereocenters. The fraction of sp³-hybridized carbons (Fsp3) is 0.471. The molecule has 2 aromatic rings. The topological polar surface area (TPSA) is 63.1 Å². The van der Waals surface area contributed by atoms with Crippen LogP contribution in [0.1, 0.15) is 25.7 Å². The Morgan fingerprint density at radius 2 is 2.12 bits per heavy atom. The van der Waals surface area contributed by atoms with Crippen molar-refractivity contribution in [3.8, 4) is 5.82 Å². The van der Waals surface area contributed by atoms with Gasteiger partial charge in [0.05, 0.1) is 29.1 Å². The molecule has 6 nitrogen and oxygen atoms in total. The summed E-state index contributed by atoms with van der Waals surface area (Å²) in [5, 5.41) is 7.79. The molecule has 1 atom stereocenters. The summed E-state index contributed by atoms with van der Waals surface area (Å²) in [6, 6.07) is 3.53. The van der Waals surface area contributed by atoms with Crippen LogP contribution >= 0.6 is 11.6 Å². The molecule has 2 aliphatic rings. The molecule has 0 radical (unpaired) electrons. The lowest BCUT2D eigenvalue weighted by molar-refractivity contribution is -0.121. The minimum atomic E-state index is -0.00529. The fourth-order valence-electron chi connectivity index (χ4n) is 3.38. The number of carbonyl (C=O) groups excluding carboxylic acids is 1. The minimum absolute atomic E-state index is 0.00529. The van der Waals surface area contributed by atoms with Gasteiger partial charge in [-0.05, 0) is 56.8 Å². The van der Waals surface area contributed by atoms with Gasteiger partial charge in [-0.25, -0.2) is 9.67 Å². The summed E-state index contributed by atoms with van der Waals surface area (Å²) >= 11 is 6.14. The van der Waals surface area contributed by atoms with Crippen molar-refractivity contribution in [2.24, 2.45) is 5.92 Å². The number of nitrogens with one attached hydrogen (secondary N) is 1. The summed E-state index contributed by atoms with van der Waals surface area (Å²) in [6.07, 6.45) is 9.72. The van der Waals surface area contributed by atoms with E-state index in [1.165, 1.54) is 12.8 Å². The van der Waals surface area contributed by atoms with E-state index in [0.717, 1.165) is 25.9 Å². The predicted molar refractivity (Wildman–Crippen MR) is 92.3 cm³/mol. The molecule has 1 N–H and O–H groups in total. The van der Waals surface area contributed by atoms with Crippen LogP contribution in [0.2, 0.25) is 5.02 Å². The predicted octanol–water partition coefficient (Wildman–Crippen LogP) is 2.73. The highest BCUT2D eigenvalue weighted by Gasteiger charge is 2.40. The lowest BCUT2D eigenvalue weighted by Gasteiger charge is -2.26. The normalized spacial score (nSPS) is 19.4.